The molecule has 2 aromatic heterocycles. The van der Waals surface area contributed by atoms with Crippen molar-refractivity contribution in [2.45, 2.75) is 6.42 Å². The summed E-state index contributed by atoms with van der Waals surface area (Å²) >= 11 is 0. The van der Waals surface area contributed by atoms with E-state index in [1.807, 2.05) is 18.2 Å². The molecule has 138 valence electrons. The predicted molar refractivity (Wildman–Crippen MR) is 109 cm³/mol. The number of aromatic hydroxyl groups is 1. The Morgan fingerprint density at radius 2 is 1.64 bits per heavy atom. The van der Waals surface area contributed by atoms with E-state index in [9.17, 15) is 9.90 Å². The molecular formula is C23H19N3O2. The molecule has 5 nitrogen and oxygen atoms in total. The van der Waals surface area contributed by atoms with Crippen LogP contribution in [0.5, 0.6) is 5.75 Å². The van der Waals surface area contributed by atoms with E-state index in [0.29, 0.717) is 23.9 Å². The molecule has 4 rings (SSSR count). The maximum absolute atomic E-state index is 12.4. The van der Waals surface area contributed by atoms with Gasteiger partial charge in [-0.25, -0.2) is 4.98 Å². The zero-order valence-corrected chi connectivity index (χ0v) is 15.2. The molecule has 0 saturated heterocycles. The first kappa shape index (κ1) is 17.7. The molecule has 0 spiro atoms. The molecule has 28 heavy (non-hydrogen) atoms. The van der Waals surface area contributed by atoms with E-state index in [1.165, 1.54) is 5.56 Å². The molecule has 1 amide bonds. The van der Waals surface area contributed by atoms with Crippen molar-refractivity contribution < 1.29 is 9.90 Å². The van der Waals surface area contributed by atoms with Crippen LogP contribution in [-0.4, -0.2) is 27.5 Å². The number of nitrogens with one attached hydrogen (secondary N) is 1. The van der Waals surface area contributed by atoms with E-state index in [2.05, 4.69) is 51.7 Å². The normalized spacial score (nSPS) is 10.7. The lowest BCUT2D eigenvalue weighted by Crippen LogP contribution is -2.26. The molecule has 0 radical (unpaired) electrons. The van der Waals surface area contributed by atoms with Crippen LogP contribution in [0.15, 0.2) is 79.1 Å². The lowest BCUT2D eigenvalue weighted by molar-refractivity contribution is 0.0946. The quantitative estimate of drug-likeness (QED) is 0.558. The third-order valence-electron chi connectivity index (χ3n) is 4.60. The average molecular weight is 369 g/mol. The second-order valence-corrected chi connectivity index (χ2v) is 6.47. The van der Waals surface area contributed by atoms with Crippen molar-refractivity contribution in [2.24, 2.45) is 0 Å². The van der Waals surface area contributed by atoms with Gasteiger partial charge in [-0.15, -0.1) is 0 Å². The monoisotopic (exact) mass is 369 g/mol. The van der Waals surface area contributed by atoms with Crippen LogP contribution in [0.2, 0.25) is 0 Å². The highest BCUT2D eigenvalue weighted by atomic mass is 16.3. The highest BCUT2D eigenvalue weighted by Crippen LogP contribution is 2.24. The smallest absolute Gasteiger partial charge is 0.273 e. The van der Waals surface area contributed by atoms with E-state index in [-0.39, 0.29) is 11.4 Å². The fraction of sp³-hybridized carbons (Fsp3) is 0.0870. The van der Waals surface area contributed by atoms with Gasteiger partial charge >= 0.3 is 0 Å². The molecule has 0 saturated carbocycles. The zero-order valence-electron chi connectivity index (χ0n) is 15.2. The minimum atomic E-state index is -0.411. The maximum Gasteiger partial charge on any atom is 0.273 e. The summed E-state index contributed by atoms with van der Waals surface area (Å²) in [5.74, 6) is -0.603. The Bertz CT molecular complexity index is 1110. The first-order chi connectivity index (χ1) is 13.7. The highest BCUT2D eigenvalue weighted by Gasteiger charge is 2.16. The first-order valence-corrected chi connectivity index (χ1v) is 9.07. The molecule has 0 aliphatic heterocycles. The first-order valence-electron chi connectivity index (χ1n) is 9.07. The lowest BCUT2D eigenvalue weighted by Gasteiger charge is -2.08. The lowest BCUT2D eigenvalue weighted by atomic mass is 10.0. The summed E-state index contributed by atoms with van der Waals surface area (Å²) in [7, 11) is 0. The Hall–Kier alpha value is -3.73. The van der Waals surface area contributed by atoms with Gasteiger partial charge in [0.15, 0.2) is 11.4 Å². The number of hydrogen-bond acceptors (Lipinski definition) is 4. The van der Waals surface area contributed by atoms with E-state index < -0.39 is 5.91 Å². The molecule has 5 heteroatoms. The van der Waals surface area contributed by atoms with Crippen LogP contribution in [0, 0.1) is 0 Å². The number of benzene rings is 2. The van der Waals surface area contributed by atoms with Gasteiger partial charge in [0.25, 0.3) is 5.91 Å². The van der Waals surface area contributed by atoms with Gasteiger partial charge in [-0.2, -0.15) is 0 Å². The molecule has 0 fully saturated rings. The van der Waals surface area contributed by atoms with Crippen LogP contribution in [0.4, 0.5) is 0 Å². The van der Waals surface area contributed by atoms with Gasteiger partial charge < -0.3 is 10.4 Å². The molecule has 2 N–H and O–H groups in total. The number of amides is 1. The number of pyridine rings is 2. The summed E-state index contributed by atoms with van der Waals surface area (Å²) in [6, 6.07) is 22.0. The molecule has 2 heterocycles. The zero-order chi connectivity index (χ0) is 19.3. The maximum atomic E-state index is 12.4. The van der Waals surface area contributed by atoms with Crippen molar-refractivity contribution in [3.8, 4) is 16.9 Å². The standard InChI is InChI=1S/C23H19N3O2/c27-22-20-19(7-4-13-24-20)15-26-21(22)23(28)25-14-12-16-8-10-18(11-9-16)17-5-2-1-3-6-17/h1-11,13,15,27H,12,14H2,(H,25,28). The SMILES string of the molecule is O=C(NCCc1ccc(-c2ccccc2)cc1)c1ncc2cccnc2c1O. The van der Waals surface area contributed by atoms with Crippen molar-refractivity contribution >= 4 is 16.8 Å². The van der Waals surface area contributed by atoms with Crippen LogP contribution in [0.1, 0.15) is 16.1 Å². The van der Waals surface area contributed by atoms with Crippen molar-refractivity contribution in [2.75, 3.05) is 6.54 Å². The summed E-state index contributed by atoms with van der Waals surface area (Å²) in [6.45, 7) is 0.449. The number of carbonyl (C=O) groups excluding carboxylic acids is 1. The fourth-order valence-electron chi connectivity index (χ4n) is 3.09. The summed E-state index contributed by atoms with van der Waals surface area (Å²) in [4.78, 5) is 20.6. The number of aromatic nitrogens is 2. The van der Waals surface area contributed by atoms with Crippen LogP contribution < -0.4 is 5.32 Å². The van der Waals surface area contributed by atoms with E-state index >= 15 is 0 Å². The minimum Gasteiger partial charge on any atom is -0.504 e. The van der Waals surface area contributed by atoms with Gasteiger partial charge in [0.05, 0.1) is 0 Å². The van der Waals surface area contributed by atoms with Crippen molar-refractivity contribution in [1.29, 1.82) is 0 Å². The third kappa shape index (κ3) is 3.69. The number of hydrogen-bond donors (Lipinski definition) is 2. The molecule has 4 aromatic rings. The van der Waals surface area contributed by atoms with Gasteiger partial charge in [-0.3, -0.25) is 9.78 Å². The van der Waals surface area contributed by atoms with Crippen LogP contribution >= 0.6 is 0 Å². The van der Waals surface area contributed by atoms with Crippen molar-refractivity contribution in [3.63, 3.8) is 0 Å². The fourth-order valence-corrected chi connectivity index (χ4v) is 3.09. The Morgan fingerprint density at radius 3 is 2.43 bits per heavy atom. The topological polar surface area (TPSA) is 75.1 Å². The molecule has 2 aromatic carbocycles. The van der Waals surface area contributed by atoms with Crippen LogP contribution in [0.3, 0.4) is 0 Å². The van der Waals surface area contributed by atoms with Crippen molar-refractivity contribution in [1.82, 2.24) is 15.3 Å². The Balaban J connectivity index is 1.39. The summed E-state index contributed by atoms with van der Waals surface area (Å²) in [5.41, 5.74) is 3.82. The second kappa shape index (κ2) is 7.88. The molecule has 0 bridgehead atoms. The largest absolute Gasteiger partial charge is 0.504 e. The van der Waals surface area contributed by atoms with E-state index in [1.54, 1.807) is 24.5 Å². The molecule has 0 aliphatic rings. The molecule has 0 atom stereocenters. The minimum absolute atomic E-state index is 0.00868. The molecule has 0 unspecified atom stereocenters. The van der Waals surface area contributed by atoms with E-state index in [0.717, 1.165) is 11.1 Å². The number of carbonyl (C=O) groups is 1. The van der Waals surface area contributed by atoms with Crippen LogP contribution in [-0.2, 0) is 6.42 Å². The van der Waals surface area contributed by atoms with E-state index in [4.69, 9.17) is 0 Å². The predicted octanol–water partition coefficient (Wildman–Crippen LogP) is 3.97. The average Bonchev–Trinajstić information content (AvgIpc) is 2.75. The van der Waals surface area contributed by atoms with Crippen molar-refractivity contribution in [3.05, 3.63) is 90.4 Å². The Kier molecular flexibility index (Phi) is 4.97. The third-order valence-corrected chi connectivity index (χ3v) is 4.60. The van der Waals surface area contributed by atoms with Gasteiger partial charge in [-0.05, 0) is 35.2 Å². The Morgan fingerprint density at radius 1 is 0.893 bits per heavy atom. The Labute approximate surface area is 162 Å². The van der Waals surface area contributed by atoms with Gasteiger partial charge in [0, 0.05) is 24.3 Å². The molecular weight excluding hydrogens is 350 g/mol. The van der Waals surface area contributed by atoms with Gasteiger partial charge in [0.1, 0.15) is 5.52 Å². The second-order valence-electron chi connectivity index (χ2n) is 6.47. The number of fused-ring (bicyclic) bond motifs is 1. The molecule has 0 aliphatic carbocycles. The summed E-state index contributed by atoms with van der Waals surface area (Å²) in [5, 5.41) is 13.8. The summed E-state index contributed by atoms with van der Waals surface area (Å²) < 4.78 is 0. The van der Waals surface area contributed by atoms with Gasteiger partial charge in [-0.1, -0.05) is 54.6 Å². The highest BCUT2D eigenvalue weighted by molar-refractivity contribution is 6.00. The number of rotatable bonds is 5. The van der Waals surface area contributed by atoms with Gasteiger partial charge in [0.2, 0.25) is 0 Å². The van der Waals surface area contributed by atoms with Crippen LogP contribution in [0.25, 0.3) is 22.0 Å². The number of nitrogens with zero attached hydrogens (tertiary/aromatic N) is 2. The summed E-state index contributed by atoms with van der Waals surface area (Å²) in [6.07, 6.45) is 3.80.